The Kier molecular flexibility index (Phi) is 5.30. The summed E-state index contributed by atoms with van der Waals surface area (Å²) in [5.74, 6) is 0. The number of aromatic nitrogens is 1. The maximum atomic E-state index is 12.3. The smallest absolute Gasteiger partial charge is 0.410 e. The Morgan fingerprint density at radius 2 is 1.96 bits per heavy atom. The van der Waals surface area contributed by atoms with Crippen LogP contribution in [0.2, 0.25) is 0 Å². The molecular formula is C19H23BrN2O3S. The van der Waals surface area contributed by atoms with Crippen molar-refractivity contribution in [3.8, 4) is 0 Å². The highest BCUT2D eigenvalue weighted by Gasteiger charge is 2.24. The number of ether oxygens (including phenoxy) is 1. The van der Waals surface area contributed by atoms with Gasteiger partial charge in [-0.1, -0.05) is 5.57 Å². The molecule has 1 aliphatic rings. The number of aryl methyl sites for hydroxylation is 1. The van der Waals surface area contributed by atoms with E-state index in [9.17, 15) is 9.59 Å². The van der Waals surface area contributed by atoms with Crippen molar-refractivity contribution in [2.24, 2.45) is 7.05 Å². The van der Waals surface area contributed by atoms with Crippen molar-refractivity contribution < 1.29 is 9.53 Å². The molecule has 3 rings (SSSR count). The number of nitrogens with zero attached hydrogens (tertiary/aromatic N) is 2. The van der Waals surface area contributed by atoms with Gasteiger partial charge >= 0.3 is 6.09 Å². The number of carbonyl (C=O) groups is 1. The Morgan fingerprint density at radius 1 is 1.31 bits per heavy atom. The fraction of sp³-hybridized carbons (Fsp3) is 0.474. The zero-order chi connectivity index (χ0) is 19.1. The second-order valence-corrected chi connectivity index (χ2v) is 9.49. The number of piperidine rings is 1. The summed E-state index contributed by atoms with van der Waals surface area (Å²) in [6.07, 6.45) is 5.37. The zero-order valence-electron chi connectivity index (χ0n) is 15.5. The van der Waals surface area contributed by atoms with Crippen molar-refractivity contribution >= 4 is 49.5 Å². The van der Waals surface area contributed by atoms with Crippen LogP contribution in [0, 0.1) is 0 Å². The lowest BCUT2D eigenvalue weighted by molar-refractivity contribution is 0.0237. The average molecular weight is 439 g/mol. The fourth-order valence-corrected chi connectivity index (χ4v) is 4.75. The van der Waals surface area contributed by atoms with E-state index in [1.165, 1.54) is 5.57 Å². The standard InChI is InChI=1S/C19H23BrN2O3S/c1-19(2,3)25-18(24)22-7-5-12(6-8-22)9-13-10-14-16(26-13)15(20)11-21(4)17(14)23/h9-11H,5-8H2,1-4H3. The van der Waals surface area contributed by atoms with Crippen molar-refractivity contribution in [2.75, 3.05) is 13.1 Å². The second kappa shape index (κ2) is 7.19. The predicted octanol–water partition coefficient (Wildman–Crippen LogP) is 4.78. The van der Waals surface area contributed by atoms with Gasteiger partial charge in [-0.3, -0.25) is 4.79 Å². The lowest BCUT2D eigenvalue weighted by atomic mass is 10.0. The van der Waals surface area contributed by atoms with Gasteiger partial charge in [0.15, 0.2) is 0 Å². The van der Waals surface area contributed by atoms with Crippen LogP contribution in [0.1, 0.15) is 38.5 Å². The number of thiophene rings is 1. The Balaban J connectivity index is 1.74. The summed E-state index contributed by atoms with van der Waals surface area (Å²) in [6, 6.07) is 1.96. The topological polar surface area (TPSA) is 51.5 Å². The normalized spacial score (nSPS) is 15.4. The Hall–Kier alpha value is -1.60. The van der Waals surface area contributed by atoms with Crippen molar-refractivity contribution in [3.05, 3.63) is 37.5 Å². The summed E-state index contributed by atoms with van der Waals surface area (Å²) >= 11 is 5.15. The Labute approximate surface area is 165 Å². The van der Waals surface area contributed by atoms with Crippen LogP contribution in [-0.2, 0) is 11.8 Å². The highest BCUT2D eigenvalue weighted by Crippen LogP contribution is 2.32. The summed E-state index contributed by atoms with van der Waals surface area (Å²) < 4.78 is 8.94. The van der Waals surface area contributed by atoms with Crippen LogP contribution >= 0.6 is 27.3 Å². The third kappa shape index (κ3) is 4.20. The molecule has 7 heteroatoms. The van der Waals surface area contributed by atoms with E-state index in [0.717, 1.165) is 32.3 Å². The van der Waals surface area contributed by atoms with Crippen LogP contribution in [0.4, 0.5) is 4.79 Å². The first kappa shape index (κ1) is 19.2. The van der Waals surface area contributed by atoms with E-state index < -0.39 is 5.60 Å². The molecule has 1 amide bonds. The molecular weight excluding hydrogens is 416 g/mol. The van der Waals surface area contributed by atoms with E-state index in [0.29, 0.717) is 13.1 Å². The van der Waals surface area contributed by atoms with Gasteiger partial charge in [0.05, 0.1) is 14.6 Å². The van der Waals surface area contributed by atoms with Crippen LogP contribution in [-0.4, -0.2) is 34.3 Å². The number of hydrogen-bond acceptors (Lipinski definition) is 4. The average Bonchev–Trinajstić information content (AvgIpc) is 2.96. The molecule has 0 aliphatic carbocycles. The Bertz CT molecular complexity index is 927. The van der Waals surface area contributed by atoms with Crippen LogP contribution in [0.5, 0.6) is 0 Å². The number of halogens is 1. The van der Waals surface area contributed by atoms with Gasteiger partial charge in [0.25, 0.3) is 5.56 Å². The highest BCUT2D eigenvalue weighted by molar-refractivity contribution is 9.10. The third-order valence-electron chi connectivity index (χ3n) is 4.23. The molecule has 0 spiro atoms. The SMILES string of the molecule is Cn1cc(Br)c2sc(C=C3CCN(C(=O)OC(C)(C)C)CC3)cc2c1=O. The monoisotopic (exact) mass is 438 g/mol. The predicted molar refractivity (Wildman–Crippen MR) is 110 cm³/mol. The molecule has 26 heavy (non-hydrogen) atoms. The molecule has 0 aromatic carbocycles. The number of carbonyl (C=O) groups excluding carboxylic acids is 1. The Morgan fingerprint density at radius 3 is 2.58 bits per heavy atom. The number of likely N-dealkylation sites (tertiary alicyclic amines) is 1. The highest BCUT2D eigenvalue weighted by atomic mass is 79.9. The molecule has 0 unspecified atom stereocenters. The van der Waals surface area contributed by atoms with Crippen molar-refractivity contribution in [3.63, 3.8) is 0 Å². The van der Waals surface area contributed by atoms with Gasteiger partial charge in [0.1, 0.15) is 5.60 Å². The molecule has 5 nitrogen and oxygen atoms in total. The molecule has 140 valence electrons. The molecule has 0 radical (unpaired) electrons. The molecule has 0 atom stereocenters. The van der Waals surface area contributed by atoms with Crippen molar-refractivity contribution in [2.45, 2.75) is 39.2 Å². The van der Waals surface area contributed by atoms with Gasteiger partial charge in [0.2, 0.25) is 0 Å². The van der Waals surface area contributed by atoms with Gasteiger partial charge in [-0.05, 0) is 61.7 Å². The number of rotatable bonds is 1. The molecule has 1 aliphatic heterocycles. The maximum Gasteiger partial charge on any atom is 0.410 e. The minimum Gasteiger partial charge on any atom is -0.444 e. The first-order chi connectivity index (χ1) is 12.1. The van der Waals surface area contributed by atoms with E-state index >= 15 is 0 Å². The van der Waals surface area contributed by atoms with Gasteiger partial charge in [-0.15, -0.1) is 11.3 Å². The van der Waals surface area contributed by atoms with Crippen molar-refractivity contribution in [1.82, 2.24) is 9.47 Å². The van der Waals surface area contributed by atoms with Crippen LogP contribution in [0.25, 0.3) is 16.2 Å². The van der Waals surface area contributed by atoms with Crippen molar-refractivity contribution in [1.29, 1.82) is 0 Å². The zero-order valence-corrected chi connectivity index (χ0v) is 17.9. The third-order valence-corrected chi connectivity index (χ3v) is 6.21. The molecule has 2 aromatic heterocycles. The summed E-state index contributed by atoms with van der Waals surface area (Å²) in [5, 5.41) is 0.741. The molecule has 1 saturated heterocycles. The largest absolute Gasteiger partial charge is 0.444 e. The first-order valence-corrected chi connectivity index (χ1v) is 10.2. The minimum atomic E-state index is -0.468. The summed E-state index contributed by atoms with van der Waals surface area (Å²) in [7, 11) is 1.76. The van der Waals surface area contributed by atoms with E-state index in [4.69, 9.17) is 4.74 Å². The summed E-state index contributed by atoms with van der Waals surface area (Å²) in [5.41, 5.74) is 0.845. The lowest BCUT2D eigenvalue weighted by Crippen LogP contribution is -2.40. The molecule has 0 bridgehead atoms. The van der Waals surface area contributed by atoms with Crippen LogP contribution < -0.4 is 5.56 Å². The van der Waals surface area contributed by atoms with E-state index in [1.54, 1.807) is 34.0 Å². The molecule has 3 heterocycles. The fourth-order valence-electron chi connectivity index (χ4n) is 2.94. The van der Waals surface area contributed by atoms with Gasteiger partial charge in [-0.25, -0.2) is 4.79 Å². The number of fused-ring (bicyclic) bond motifs is 1. The van der Waals surface area contributed by atoms with E-state index in [-0.39, 0.29) is 11.7 Å². The molecule has 2 aromatic rings. The van der Waals surface area contributed by atoms with Crippen LogP contribution in [0.3, 0.4) is 0 Å². The molecule has 0 N–H and O–H groups in total. The van der Waals surface area contributed by atoms with Gasteiger partial charge in [-0.2, -0.15) is 0 Å². The lowest BCUT2D eigenvalue weighted by Gasteiger charge is -2.31. The number of amides is 1. The number of hydrogen-bond donors (Lipinski definition) is 0. The van der Waals surface area contributed by atoms with Gasteiger partial charge in [0, 0.05) is 31.2 Å². The molecule has 0 saturated carbocycles. The second-order valence-electron chi connectivity index (χ2n) is 7.55. The minimum absolute atomic E-state index is 0.0174. The van der Waals surface area contributed by atoms with Gasteiger partial charge < -0.3 is 14.2 Å². The van der Waals surface area contributed by atoms with E-state index in [1.807, 2.05) is 26.8 Å². The van der Waals surface area contributed by atoms with E-state index in [2.05, 4.69) is 22.0 Å². The first-order valence-electron chi connectivity index (χ1n) is 8.60. The maximum absolute atomic E-state index is 12.3. The number of pyridine rings is 1. The van der Waals surface area contributed by atoms with Crippen LogP contribution in [0.15, 0.2) is 27.1 Å². The summed E-state index contributed by atoms with van der Waals surface area (Å²) in [6.45, 7) is 6.96. The summed E-state index contributed by atoms with van der Waals surface area (Å²) in [4.78, 5) is 27.3. The quantitative estimate of drug-likeness (QED) is 0.643. The molecule has 1 fully saturated rings.